The lowest BCUT2D eigenvalue weighted by Gasteiger charge is -2.56. The van der Waals surface area contributed by atoms with Crippen LogP contribution in [0.2, 0.25) is 0 Å². The summed E-state index contributed by atoms with van der Waals surface area (Å²) >= 11 is 0. The van der Waals surface area contributed by atoms with E-state index in [9.17, 15) is 15.0 Å². The Morgan fingerprint density at radius 1 is 1.16 bits per heavy atom. The van der Waals surface area contributed by atoms with Crippen LogP contribution in [0.5, 0.6) is 0 Å². The van der Waals surface area contributed by atoms with Gasteiger partial charge < -0.3 is 15.0 Å². The van der Waals surface area contributed by atoms with Gasteiger partial charge in [-0.3, -0.25) is 0 Å². The van der Waals surface area contributed by atoms with Crippen LogP contribution >= 0.6 is 0 Å². The summed E-state index contributed by atoms with van der Waals surface area (Å²) in [6, 6.07) is 0. The minimum Gasteiger partial charge on any atom is -0.393 e. The minimum absolute atomic E-state index is 0.132. The molecule has 138 valence electrons. The van der Waals surface area contributed by atoms with E-state index in [1.807, 2.05) is 0 Å². The number of carbonyl (C=O) groups excluding carboxylic acids is 1. The Morgan fingerprint density at radius 2 is 1.92 bits per heavy atom. The van der Waals surface area contributed by atoms with E-state index >= 15 is 0 Å². The Bertz CT molecular complexity index is 635. The van der Waals surface area contributed by atoms with Crippen LogP contribution in [0.3, 0.4) is 0 Å². The van der Waals surface area contributed by atoms with E-state index in [0.717, 1.165) is 25.5 Å². The van der Waals surface area contributed by atoms with E-state index in [-0.39, 0.29) is 16.7 Å². The van der Waals surface area contributed by atoms with Crippen molar-refractivity contribution in [1.82, 2.24) is 0 Å². The molecule has 0 amide bonds. The molecule has 3 fully saturated rings. The lowest BCUT2D eigenvalue weighted by atomic mass is 9.49. The highest BCUT2D eigenvalue weighted by atomic mass is 16.3. The minimum atomic E-state index is -0.466. The van der Waals surface area contributed by atoms with Gasteiger partial charge in [0.15, 0.2) is 0 Å². The van der Waals surface area contributed by atoms with Gasteiger partial charge in [0, 0.05) is 17.8 Å². The largest absolute Gasteiger partial charge is 0.393 e. The summed E-state index contributed by atoms with van der Waals surface area (Å²) in [6.07, 6.45) is 10.5. The number of aliphatic hydroxyl groups excluding tert-OH is 2. The molecule has 0 aliphatic heterocycles. The molecule has 4 aliphatic rings. The molecule has 0 bridgehead atoms. The number of fused-ring (bicyclic) bond motifs is 5. The van der Waals surface area contributed by atoms with E-state index in [2.05, 4.69) is 32.9 Å². The molecule has 3 saturated carbocycles. The molecule has 1 unspecified atom stereocenters. The third kappa shape index (κ3) is 2.28. The number of hydrogen-bond donors (Lipinski definition) is 2. The van der Waals surface area contributed by atoms with Crippen molar-refractivity contribution in [3.05, 3.63) is 23.3 Å². The second-order valence-corrected chi connectivity index (χ2v) is 9.58. The maximum atomic E-state index is 11.4. The van der Waals surface area contributed by atoms with Gasteiger partial charge in [0.05, 0.1) is 12.2 Å². The predicted octanol–water partition coefficient (Wildman–Crippen LogP) is 3.65. The molecule has 0 saturated heterocycles. The highest BCUT2D eigenvalue weighted by Gasteiger charge is 2.58. The average Bonchev–Trinajstić information content (AvgIpc) is 2.93. The van der Waals surface area contributed by atoms with Crippen LogP contribution in [0, 0.1) is 34.5 Å². The third-order valence-electron chi connectivity index (χ3n) is 8.57. The monoisotopic (exact) mass is 344 g/mol. The topological polar surface area (TPSA) is 57.5 Å². The van der Waals surface area contributed by atoms with Crippen molar-refractivity contribution in [2.75, 3.05) is 0 Å². The van der Waals surface area contributed by atoms with Crippen LogP contribution in [-0.2, 0) is 4.79 Å². The smallest absolute Gasteiger partial charge is 0.123 e. The van der Waals surface area contributed by atoms with Gasteiger partial charge in [0.1, 0.15) is 6.29 Å². The van der Waals surface area contributed by atoms with Crippen molar-refractivity contribution in [3.8, 4) is 0 Å². The molecule has 2 N–H and O–H groups in total. The van der Waals surface area contributed by atoms with Gasteiger partial charge in [-0.15, -0.1) is 0 Å². The summed E-state index contributed by atoms with van der Waals surface area (Å²) in [5, 5.41) is 21.0. The lowest BCUT2D eigenvalue weighted by molar-refractivity contribution is -0.113. The third-order valence-corrected chi connectivity index (χ3v) is 8.57. The van der Waals surface area contributed by atoms with Crippen molar-refractivity contribution in [1.29, 1.82) is 0 Å². The zero-order valence-corrected chi connectivity index (χ0v) is 15.7. The molecule has 0 radical (unpaired) electrons. The predicted molar refractivity (Wildman–Crippen MR) is 97.8 cm³/mol. The quantitative estimate of drug-likeness (QED) is 0.752. The van der Waals surface area contributed by atoms with Gasteiger partial charge >= 0.3 is 0 Å². The Morgan fingerprint density at radius 3 is 2.64 bits per heavy atom. The molecule has 4 rings (SSSR count). The molecule has 0 aromatic heterocycles. The van der Waals surface area contributed by atoms with E-state index < -0.39 is 12.2 Å². The fraction of sp³-hybridized carbons (Fsp3) is 0.773. The van der Waals surface area contributed by atoms with Crippen molar-refractivity contribution in [3.63, 3.8) is 0 Å². The van der Waals surface area contributed by atoms with Crippen molar-refractivity contribution in [2.24, 2.45) is 34.5 Å². The summed E-state index contributed by atoms with van der Waals surface area (Å²) in [6.45, 7) is 6.70. The zero-order chi connectivity index (χ0) is 18.0. The number of rotatable bonds is 2. The van der Waals surface area contributed by atoms with Gasteiger partial charge in [-0.2, -0.15) is 0 Å². The molecular formula is C22H32O3. The Labute approximate surface area is 151 Å². The van der Waals surface area contributed by atoms with Crippen molar-refractivity contribution in [2.45, 2.75) is 71.5 Å². The normalized spacial score (nSPS) is 50.0. The maximum Gasteiger partial charge on any atom is 0.123 e. The van der Waals surface area contributed by atoms with E-state index in [4.69, 9.17) is 0 Å². The maximum absolute atomic E-state index is 11.4. The first kappa shape index (κ1) is 17.5. The Balaban J connectivity index is 1.72. The van der Waals surface area contributed by atoms with Crippen molar-refractivity contribution >= 4 is 6.29 Å². The van der Waals surface area contributed by atoms with Crippen LogP contribution in [0.15, 0.2) is 23.3 Å². The average molecular weight is 344 g/mol. The number of aldehydes is 1. The standard InChI is InChI=1S/C22H32O3/c1-13(12-23)17-6-7-18-16-5-4-14-10-15(24)11-20(25)22(14,3)19(16)8-9-21(17,18)2/h4-5,12-13,15,17-20,24-25H,6-11H2,1-3H3/t13?,15-,17+,18-,19-,20-,21+,22-/m0/s1. The fourth-order valence-electron chi connectivity index (χ4n) is 7.05. The van der Waals surface area contributed by atoms with Gasteiger partial charge in [-0.1, -0.05) is 44.1 Å². The SMILES string of the molecule is CC(C=O)[C@H]1CC[C@H]2C3=CC=C4C[C@H](O)C[C@H](O)[C@]4(C)[C@H]3CC[C@]12C. The summed E-state index contributed by atoms with van der Waals surface area (Å²) in [5.74, 6) is 1.53. The Hall–Kier alpha value is -0.930. The number of hydrogen-bond acceptors (Lipinski definition) is 3. The summed E-state index contributed by atoms with van der Waals surface area (Å²) < 4.78 is 0. The molecule has 0 aromatic carbocycles. The van der Waals surface area contributed by atoms with Gasteiger partial charge in [-0.25, -0.2) is 0 Å². The number of carbonyl (C=O) groups is 1. The number of allylic oxidation sites excluding steroid dienone is 3. The van der Waals surface area contributed by atoms with E-state index in [1.165, 1.54) is 17.6 Å². The van der Waals surface area contributed by atoms with Crippen LogP contribution < -0.4 is 0 Å². The van der Waals surface area contributed by atoms with Crippen LogP contribution in [0.4, 0.5) is 0 Å². The first-order valence-electron chi connectivity index (χ1n) is 10.0. The molecule has 3 nitrogen and oxygen atoms in total. The summed E-state index contributed by atoms with van der Waals surface area (Å²) in [4.78, 5) is 11.4. The molecular weight excluding hydrogens is 312 g/mol. The van der Waals surface area contributed by atoms with Crippen LogP contribution in [0.25, 0.3) is 0 Å². The molecule has 25 heavy (non-hydrogen) atoms. The highest BCUT2D eigenvalue weighted by molar-refractivity contribution is 5.54. The molecule has 3 heteroatoms. The van der Waals surface area contributed by atoms with Crippen molar-refractivity contribution < 1.29 is 15.0 Å². The van der Waals surface area contributed by atoms with Crippen LogP contribution in [-0.4, -0.2) is 28.7 Å². The van der Waals surface area contributed by atoms with E-state index in [0.29, 0.717) is 30.6 Å². The highest BCUT2D eigenvalue weighted by Crippen LogP contribution is 2.65. The first-order chi connectivity index (χ1) is 11.8. The van der Waals surface area contributed by atoms with E-state index in [1.54, 1.807) is 0 Å². The van der Waals surface area contributed by atoms with Crippen LogP contribution in [0.1, 0.15) is 59.3 Å². The lowest BCUT2D eigenvalue weighted by Crippen LogP contribution is -2.52. The zero-order valence-electron chi connectivity index (χ0n) is 15.7. The summed E-state index contributed by atoms with van der Waals surface area (Å²) in [5.41, 5.74) is 2.73. The number of aliphatic hydroxyl groups is 2. The van der Waals surface area contributed by atoms with Gasteiger partial charge in [-0.05, 0) is 55.3 Å². The van der Waals surface area contributed by atoms with Gasteiger partial charge in [0.25, 0.3) is 0 Å². The molecule has 0 aromatic rings. The molecule has 0 spiro atoms. The summed E-state index contributed by atoms with van der Waals surface area (Å²) in [7, 11) is 0. The Kier molecular flexibility index (Phi) is 4.05. The first-order valence-corrected chi connectivity index (χ1v) is 10.0. The van der Waals surface area contributed by atoms with Gasteiger partial charge in [0.2, 0.25) is 0 Å². The molecule has 4 aliphatic carbocycles. The second-order valence-electron chi connectivity index (χ2n) is 9.58. The molecule has 8 atom stereocenters. The molecule has 0 heterocycles. The fourth-order valence-corrected chi connectivity index (χ4v) is 7.05. The second kappa shape index (κ2) is 5.79.